The highest BCUT2D eigenvalue weighted by Gasteiger charge is 2.35. The predicted octanol–water partition coefficient (Wildman–Crippen LogP) is 8.33. The molecule has 0 aromatic rings. The maximum Gasteiger partial charge on any atom is 0.240 e. The number of guanidine groups is 1. The van der Waals surface area contributed by atoms with E-state index in [0.717, 1.165) is 25.7 Å². The molecule has 0 fully saturated rings. The summed E-state index contributed by atoms with van der Waals surface area (Å²) >= 11 is 0. The number of carbonyl (C=O) groups is 2. The number of unbranched alkanes of at least 4 members (excludes halogenated alkanes) is 20. The van der Waals surface area contributed by atoms with Crippen molar-refractivity contribution in [2.45, 2.75) is 193 Å². The SMILES string of the molecule is CCCCCCCCCCCCCCN(CCCCCCCCCCCC)C(=O)[C@@H](N)C(CCCN)C(=O)[C@@H](N)CCCN=C(N)N.Cl.Cl.Cl. The molecule has 302 valence electrons. The number of hydrogen-bond donors (Lipinski definition) is 5. The van der Waals surface area contributed by atoms with Crippen molar-refractivity contribution in [2.24, 2.45) is 39.6 Å². The Labute approximate surface area is 326 Å². The van der Waals surface area contributed by atoms with E-state index < -0.39 is 18.0 Å². The van der Waals surface area contributed by atoms with Crippen LogP contribution in [0.15, 0.2) is 4.99 Å². The lowest BCUT2D eigenvalue weighted by Gasteiger charge is -2.30. The van der Waals surface area contributed by atoms with Crippen molar-refractivity contribution in [3.63, 3.8) is 0 Å². The molecule has 0 saturated heterocycles. The van der Waals surface area contributed by atoms with Gasteiger partial charge < -0.3 is 33.6 Å². The highest BCUT2D eigenvalue weighted by atomic mass is 35.5. The summed E-state index contributed by atoms with van der Waals surface area (Å²) in [5, 5.41) is 0. The first-order valence-corrected chi connectivity index (χ1v) is 19.9. The van der Waals surface area contributed by atoms with Crippen LogP contribution in [-0.4, -0.2) is 60.8 Å². The van der Waals surface area contributed by atoms with Gasteiger partial charge in [0, 0.05) is 25.6 Å². The third-order valence-electron chi connectivity index (χ3n) is 9.51. The van der Waals surface area contributed by atoms with E-state index in [-0.39, 0.29) is 54.9 Å². The van der Waals surface area contributed by atoms with Gasteiger partial charge in [-0.05, 0) is 45.1 Å². The number of Topliss-reactive ketones (excluding diaryl/α,β-unsaturated/α-hetero) is 1. The second-order valence-electron chi connectivity index (χ2n) is 13.9. The maximum atomic E-state index is 13.9. The number of rotatable bonds is 35. The summed E-state index contributed by atoms with van der Waals surface area (Å²) in [6, 6.07) is -1.61. The molecule has 12 heteroatoms. The number of carbonyl (C=O) groups excluding carboxylic acids is 2. The Balaban J connectivity index is -0.00000353. The average Bonchev–Trinajstić information content (AvgIpc) is 3.06. The molecule has 0 rings (SSSR count). The van der Waals surface area contributed by atoms with Crippen LogP contribution in [0.1, 0.15) is 181 Å². The van der Waals surface area contributed by atoms with Crippen LogP contribution in [0.3, 0.4) is 0 Å². The molecule has 0 aromatic carbocycles. The van der Waals surface area contributed by atoms with Crippen LogP contribution >= 0.6 is 37.2 Å². The number of hydrogen-bond acceptors (Lipinski definition) is 6. The number of aliphatic imine (C=N–C) groups is 1. The van der Waals surface area contributed by atoms with Gasteiger partial charge in [0.1, 0.15) is 0 Å². The molecule has 1 amide bonds. The molecule has 0 bridgehead atoms. The Morgan fingerprint density at radius 3 is 1.30 bits per heavy atom. The standard InChI is InChI=1S/C38H79N7O2.3ClH/c1-3-5-7-9-11-13-15-16-18-20-22-24-32-45(31-23-21-19-17-14-12-10-8-6-4-2)37(47)35(41)33(27-25-29-39)36(46)34(40)28-26-30-44-38(42)43;;;/h33-35H,3-32,39-41H2,1-2H3,(H4,42,43,44);3*1H/t33?,34-,35-;;;/m0.../s1. The lowest BCUT2D eigenvalue weighted by Crippen LogP contribution is -2.53. The number of halogens is 3. The zero-order valence-corrected chi connectivity index (χ0v) is 34.7. The molecule has 0 aliphatic rings. The Hall–Kier alpha value is -0.840. The van der Waals surface area contributed by atoms with Crippen LogP contribution in [0.5, 0.6) is 0 Å². The summed E-state index contributed by atoms with van der Waals surface area (Å²) in [5.41, 5.74) is 29.6. The molecule has 0 aromatic heterocycles. The fraction of sp³-hybridized carbons (Fsp3) is 0.921. The summed E-state index contributed by atoms with van der Waals surface area (Å²) in [6.07, 6.45) is 29.9. The van der Waals surface area contributed by atoms with Crippen molar-refractivity contribution >= 4 is 54.9 Å². The number of nitrogens with two attached hydrogens (primary N) is 5. The van der Waals surface area contributed by atoms with Crippen LogP contribution in [0.4, 0.5) is 0 Å². The minimum absolute atomic E-state index is 0. The molecule has 0 heterocycles. The van der Waals surface area contributed by atoms with Gasteiger partial charge in [0.2, 0.25) is 5.91 Å². The van der Waals surface area contributed by atoms with Crippen LogP contribution in [0, 0.1) is 5.92 Å². The van der Waals surface area contributed by atoms with E-state index in [2.05, 4.69) is 18.8 Å². The lowest BCUT2D eigenvalue weighted by atomic mass is 9.85. The molecule has 50 heavy (non-hydrogen) atoms. The summed E-state index contributed by atoms with van der Waals surface area (Å²) in [5.74, 6) is -0.893. The van der Waals surface area contributed by atoms with Gasteiger partial charge in [-0.3, -0.25) is 14.6 Å². The fourth-order valence-corrected chi connectivity index (χ4v) is 6.42. The molecular formula is C38H82Cl3N7O2. The fourth-order valence-electron chi connectivity index (χ4n) is 6.42. The highest BCUT2D eigenvalue weighted by molar-refractivity contribution is 5.93. The van der Waals surface area contributed by atoms with E-state index in [9.17, 15) is 9.59 Å². The first-order chi connectivity index (χ1) is 22.8. The van der Waals surface area contributed by atoms with Crippen molar-refractivity contribution in [2.75, 3.05) is 26.2 Å². The number of ketones is 1. The van der Waals surface area contributed by atoms with Gasteiger partial charge in [0.05, 0.1) is 12.1 Å². The van der Waals surface area contributed by atoms with Crippen molar-refractivity contribution in [3.8, 4) is 0 Å². The van der Waals surface area contributed by atoms with E-state index >= 15 is 0 Å². The first kappa shape index (κ1) is 55.9. The van der Waals surface area contributed by atoms with E-state index in [0.29, 0.717) is 51.9 Å². The molecule has 0 spiro atoms. The van der Waals surface area contributed by atoms with Gasteiger partial charge in [-0.15, -0.1) is 37.2 Å². The quantitative estimate of drug-likeness (QED) is 0.0244. The van der Waals surface area contributed by atoms with Crippen LogP contribution in [0.2, 0.25) is 0 Å². The van der Waals surface area contributed by atoms with Crippen LogP contribution in [0.25, 0.3) is 0 Å². The van der Waals surface area contributed by atoms with Crippen molar-refractivity contribution in [1.82, 2.24) is 4.90 Å². The zero-order chi connectivity index (χ0) is 35.0. The van der Waals surface area contributed by atoms with Crippen molar-refractivity contribution in [3.05, 3.63) is 0 Å². The Morgan fingerprint density at radius 2 is 0.940 bits per heavy atom. The second-order valence-corrected chi connectivity index (χ2v) is 13.9. The Kier molecular flexibility index (Phi) is 45.8. The van der Waals surface area contributed by atoms with Gasteiger partial charge in [0.25, 0.3) is 0 Å². The molecule has 0 aliphatic carbocycles. The molecule has 0 saturated carbocycles. The normalized spacial score (nSPS) is 12.5. The van der Waals surface area contributed by atoms with E-state index in [1.54, 1.807) is 0 Å². The topological polar surface area (TPSA) is 180 Å². The summed E-state index contributed by atoms with van der Waals surface area (Å²) in [7, 11) is 0. The maximum absolute atomic E-state index is 13.9. The second kappa shape index (κ2) is 40.9. The summed E-state index contributed by atoms with van der Waals surface area (Å²) < 4.78 is 0. The van der Waals surface area contributed by atoms with Gasteiger partial charge in [-0.1, -0.05) is 142 Å². The Morgan fingerprint density at radius 1 is 0.560 bits per heavy atom. The van der Waals surface area contributed by atoms with Crippen molar-refractivity contribution < 1.29 is 9.59 Å². The number of amides is 1. The largest absolute Gasteiger partial charge is 0.370 e. The van der Waals surface area contributed by atoms with Gasteiger partial charge in [-0.25, -0.2) is 0 Å². The Bertz CT molecular complexity index is 777. The number of nitrogens with zero attached hydrogens (tertiary/aromatic N) is 2. The molecule has 1 unspecified atom stereocenters. The monoisotopic (exact) mass is 774 g/mol. The summed E-state index contributed by atoms with van der Waals surface area (Å²) in [6.45, 7) is 6.76. The van der Waals surface area contributed by atoms with Crippen LogP contribution < -0.4 is 28.7 Å². The molecule has 0 radical (unpaired) electrons. The minimum atomic E-state index is -0.904. The minimum Gasteiger partial charge on any atom is -0.370 e. The highest BCUT2D eigenvalue weighted by Crippen LogP contribution is 2.19. The summed E-state index contributed by atoms with van der Waals surface area (Å²) in [4.78, 5) is 33.2. The van der Waals surface area contributed by atoms with E-state index in [1.807, 2.05) is 4.90 Å². The van der Waals surface area contributed by atoms with Gasteiger partial charge >= 0.3 is 0 Å². The molecule has 0 aliphatic heterocycles. The smallest absolute Gasteiger partial charge is 0.240 e. The molecule has 9 nitrogen and oxygen atoms in total. The molecule has 3 atom stereocenters. The van der Waals surface area contributed by atoms with Crippen molar-refractivity contribution in [1.29, 1.82) is 0 Å². The molecular weight excluding hydrogens is 693 g/mol. The van der Waals surface area contributed by atoms with E-state index in [4.69, 9.17) is 28.7 Å². The van der Waals surface area contributed by atoms with Gasteiger partial charge in [0.15, 0.2) is 11.7 Å². The third kappa shape index (κ3) is 31.9. The van der Waals surface area contributed by atoms with E-state index in [1.165, 1.54) is 116 Å². The predicted molar refractivity (Wildman–Crippen MR) is 224 cm³/mol. The third-order valence-corrected chi connectivity index (χ3v) is 9.51. The molecule has 10 N–H and O–H groups in total. The zero-order valence-electron chi connectivity index (χ0n) is 32.3. The van der Waals surface area contributed by atoms with Gasteiger partial charge in [-0.2, -0.15) is 0 Å². The first-order valence-electron chi connectivity index (χ1n) is 19.9. The average molecular weight is 775 g/mol. The lowest BCUT2D eigenvalue weighted by molar-refractivity contribution is -0.138. The van der Waals surface area contributed by atoms with Crippen LogP contribution in [-0.2, 0) is 9.59 Å².